The van der Waals surface area contributed by atoms with Crippen LogP contribution in [0.15, 0.2) is 54.7 Å². The minimum absolute atomic E-state index is 0.109. The number of hydrogen-bond acceptors (Lipinski definition) is 3. The van der Waals surface area contributed by atoms with Gasteiger partial charge in [0.15, 0.2) is 0 Å². The highest BCUT2D eigenvalue weighted by Crippen LogP contribution is 2.33. The topological polar surface area (TPSA) is 62.2 Å². The standard InChI is InChI=1S/C17H11F3N2O2/c18-17(19,20)11-4-5-13-14(6-7-21-15(13)9-11)22-12-3-1-2-10(8-12)16(23)24/h1-9H,(H,21,22)(H,23,24). The van der Waals surface area contributed by atoms with Gasteiger partial charge in [-0.3, -0.25) is 4.98 Å². The van der Waals surface area contributed by atoms with Crippen LogP contribution < -0.4 is 5.32 Å². The molecule has 0 aliphatic carbocycles. The highest BCUT2D eigenvalue weighted by atomic mass is 19.4. The van der Waals surface area contributed by atoms with Crippen molar-refractivity contribution < 1.29 is 23.1 Å². The van der Waals surface area contributed by atoms with Crippen LogP contribution in [-0.4, -0.2) is 16.1 Å². The molecule has 0 fully saturated rings. The Bertz CT molecular complexity index is 923. The van der Waals surface area contributed by atoms with Crippen molar-refractivity contribution in [1.29, 1.82) is 0 Å². The molecule has 1 aromatic heterocycles. The number of hydrogen-bond donors (Lipinski definition) is 2. The molecule has 3 rings (SSSR count). The molecule has 0 radical (unpaired) electrons. The summed E-state index contributed by atoms with van der Waals surface area (Å²) in [6, 6.07) is 11.1. The van der Waals surface area contributed by atoms with E-state index in [0.717, 1.165) is 12.1 Å². The molecular formula is C17H11F3N2O2. The average molecular weight is 332 g/mol. The van der Waals surface area contributed by atoms with Crippen LogP contribution in [0.2, 0.25) is 0 Å². The van der Waals surface area contributed by atoms with E-state index in [1.807, 2.05) is 0 Å². The number of aromatic carboxylic acids is 1. The maximum atomic E-state index is 12.8. The van der Waals surface area contributed by atoms with Crippen LogP contribution in [-0.2, 0) is 6.18 Å². The number of carboxylic acid groups (broad SMARTS) is 1. The number of anilines is 2. The molecule has 0 atom stereocenters. The van der Waals surface area contributed by atoms with Gasteiger partial charge >= 0.3 is 12.1 Å². The molecule has 0 spiro atoms. The zero-order valence-corrected chi connectivity index (χ0v) is 12.1. The van der Waals surface area contributed by atoms with E-state index in [1.165, 1.54) is 24.4 Å². The van der Waals surface area contributed by atoms with Gasteiger partial charge < -0.3 is 10.4 Å². The van der Waals surface area contributed by atoms with Crippen molar-refractivity contribution in [3.63, 3.8) is 0 Å². The quantitative estimate of drug-likeness (QED) is 0.730. The van der Waals surface area contributed by atoms with Gasteiger partial charge in [0.25, 0.3) is 0 Å². The van der Waals surface area contributed by atoms with Gasteiger partial charge in [-0.05, 0) is 36.4 Å². The number of nitrogens with one attached hydrogen (secondary N) is 1. The predicted molar refractivity (Wildman–Crippen MR) is 83.4 cm³/mol. The summed E-state index contributed by atoms with van der Waals surface area (Å²) in [5.41, 5.74) is 0.591. The number of rotatable bonds is 3. The number of benzene rings is 2. The second kappa shape index (κ2) is 5.84. The second-order valence-corrected chi connectivity index (χ2v) is 5.10. The van der Waals surface area contributed by atoms with Gasteiger partial charge in [-0.1, -0.05) is 12.1 Å². The van der Waals surface area contributed by atoms with Crippen molar-refractivity contribution in [1.82, 2.24) is 4.98 Å². The van der Waals surface area contributed by atoms with Gasteiger partial charge in [0.05, 0.1) is 16.6 Å². The lowest BCUT2D eigenvalue weighted by Gasteiger charge is -2.12. The van der Waals surface area contributed by atoms with E-state index in [9.17, 15) is 18.0 Å². The number of carboxylic acids is 1. The van der Waals surface area contributed by atoms with E-state index >= 15 is 0 Å². The summed E-state index contributed by atoms with van der Waals surface area (Å²) >= 11 is 0. The minimum atomic E-state index is -4.44. The van der Waals surface area contributed by atoms with Crippen LogP contribution in [0.4, 0.5) is 24.5 Å². The van der Waals surface area contributed by atoms with Crippen molar-refractivity contribution >= 4 is 28.2 Å². The average Bonchev–Trinajstić information content (AvgIpc) is 2.54. The number of alkyl halides is 3. The Morgan fingerprint density at radius 3 is 2.58 bits per heavy atom. The molecule has 122 valence electrons. The second-order valence-electron chi connectivity index (χ2n) is 5.10. The van der Waals surface area contributed by atoms with Gasteiger partial charge in [-0.15, -0.1) is 0 Å². The third-order valence-corrected chi connectivity index (χ3v) is 3.46. The van der Waals surface area contributed by atoms with Gasteiger partial charge in [0, 0.05) is 23.0 Å². The maximum Gasteiger partial charge on any atom is 0.416 e. The summed E-state index contributed by atoms with van der Waals surface area (Å²) in [7, 11) is 0. The number of nitrogens with zero attached hydrogens (tertiary/aromatic N) is 1. The molecule has 0 amide bonds. The molecule has 7 heteroatoms. The smallest absolute Gasteiger partial charge is 0.416 e. The first-order chi connectivity index (χ1) is 11.3. The number of carbonyl (C=O) groups is 1. The lowest BCUT2D eigenvalue weighted by atomic mass is 10.1. The van der Waals surface area contributed by atoms with E-state index in [0.29, 0.717) is 16.8 Å². The monoisotopic (exact) mass is 332 g/mol. The Balaban J connectivity index is 2.01. The summed E-state index contributed by atoms with van der Waals surface area (Å²) in [6.45, 7) is 0. The summed E-state index contributed by atoms with van der Waals surface area (Å²) < 4.78 is 38.4. The third-order valence-electron chi connectivity index (χ3n) is 3.46. The fraction of sp³-hybridized carbons (Fsp3) is 0.0588. The van der Waals surface area contributed by atoms with Crippen LogP contribution in [0.25, 0.3) is 10.9 Å². The summed E-state index contributed by atoms with van der Waals surface area (Å²) in [6.07, 6.45) is -3.04. The zero-order valence-electron chi connectivity index (χ0n) is 12.1. The first-order valence-electron chi connectivity index (χ1n) is 6.91. The fourth-order valence-electron chi connectivity index (χ4n) is 2.32. The molecule has 0 aliphatic heterocycles. The van der Waals surface area contributed by atoms with Crippen molar-refractivity contribution in [2.45, 2.75) is 6.18 Å². The van der Waals surface area contributed by atoms with E-state index in [-0.39, 0.29) is 11.1 Å². The van der Waals surface area contributed by atoms with Crippen LogP contribution >= 0.6 is 0 Å². The molecule has 0 saturated carbocycles. The normalized spacial score (nSPS) is 11.5. The third kappa shape index (κ3) is 3.15. The van der Waals surface area contributed by atoms with Gasteiger partial charge in [-0.25, -0.2) is 4.79 Å². The molecule has 2 N–H and O–H groups in total. The highest BCUT2D eigenvalue weighted by Gasteiger charge is 2.30. The molecule has 3 aromatic rings. The van der Waals surface area contributed by atoms with E-state index in [1.54, 1.807) is 18.2 Å². The first-order valence-corrected chi connectivity index (χ1v) is 6.91. The largest absolute Gasteiger partial charge is 0.478 e. The molecule has 1 heterocycles. The van der Waals surface area contributed by atoms with Crippen LogP contribution in [0.1, 0.15) is 15.9 Å². The molecule has 2 aromatic carbocycles. The molecule has 0 bridgehead atoms. The van der Waals surface area contributed by atoms with E-state index in [4.69, 9.17) is 5.11 Å². The number of aromatic nitrogens is 1. The Morgan fingerprint density at radius 2 is 1.88 bits per heavy atom. The Morgan fingerprint density at radius 1 is 1.08 bits per heavy atom. The van der Waals surface area contributed by atoms with Crippen molar-refractivity contribution in [2.24, 2.45) is 0 Å². The van der Waals surface area contributed by atoms with Gasteiger partial charge in [0.1, 0.15) is 0 Å². The molecule has 24 heavy (non-hydrogen) atoms. The number of pyridine rings is 1. The van der Waals surface area contributed by atoms with Gasteiger partial charge in [0.2, 0.25) is 0 Å². The van der Waals surface area contributed by atoms with Crippen molar-refractivity contribution in [2.75, 3.05) is 5.32 Å². The Hall–Kier alpha value is -3.09. The maximum absolute atomic E-state index is 12.8. The molecule has 0 aliphatic rings. The lowest BCUT2D eigenvalue weighted by Crippen LogP contribution is -2.05. The number of halogens is 3. The van der Waals surface area contributed by atoms with Crippen molar-refractivity contribution in [3.05, 3.63) is 65.9 Å². The first kappa shape index (κ1) is 15.8. The predicted octanol–water partition coefficient (Wildman–Crippen LogP) is 4.70. The van der Waals surface area contributed by atoms with E-state index in [2.05, 4.69) is 10.3 Å². The SMILES string of the molecule is O=C(O)c1cccc(Nc2ccnc3cc(C(F)(F)F)ccc23)c1. The summed E-state index contributed by atoms with van der Waals surface area (Å²) in [4.78, 5) is 15.0. The fourth-order valence-corrected chi connectivity index (χ4v) is 2.32. The van der Waals surface area contributed by atoms with Crippen LogP contribution in [0.5, 0.6) is 0 Å². The van der Waals surface area contributed by atoms with Crippen molar-refractivity contribution in [3.8, 4) is 0 Å². The van der Waals surface area contributed by atoms with E-state index < -0.39 is 17.7 Å². The molecular weight excluding hydrogens is 321 g/mol. The highest BCUT2D eigenvalue weighted by molar-refractivity contribution is 5.94. The minimum Gasteiger partial charge on any atom is -0.478 e. The summed E-state index contributed by atoms with van der Waals surface area (Å²) in [5, 5.41) is 12.5. The molecule has 0 unspecified atom stereocenters. The van der Waals surface area contributed by atoms with Crippen LogP contribution in [0.3, 0.4) is 0 Å². The lowest BCUT2D eigenvalue weighted by molar-refractivity contribution is -0.137. The van der Waals surface area contributed by atoms with Crippen LogP contribution in [0, 0.1) is 0 Å². The Labute approximate surface area is 134 Å². The number of fused-ring (bicyclic) bond motifs is 1. The molecule has 0 saturated heterocycles. The molecule has 4 nitrogen and oxygen atoms in total. The van der Waals surface area contributed by atoms with Gasteiger partial charge in [-0.2, -0.15) is 13.2 Å². The summed E-state index contributed by atoms with van der Waals surface area (Å²) in [5.74, 6) is -1.06. The zero-order chi connectivity index (χ0) is 17.3. The Kier molecular flexibility index (Phi) is 3.84.